The maximum atomic E-state index is 2.63. The molecule has 0 heterocycles. The third-order valence-electron chi connectivity index (χ3n) is 9.61. The second kappa shape index (κ2) is 10.6. The molecular weight excluding hydrogens is 485 g/mol. The fourth-order valence-electron chi connectivity index (χ4n) is 7.37. The predicted molar refractivity (Wildman–Crippen MR) is 173 cm³/mol. The van der Waals surface area contributed by atoms with E-state index in [9.17, 15) is 0 Å². The first kappa shape index (κ1) is 25.8. The van der Waals surface area contributed by atoms with E-state index in [4.69, 9.17) is 0 Å². The predicted octanol–water partition coefficient (Wildman–Crippen LogP) is 10.3. The van der Waals surface area contributed by atoms with Crippen LogP contribution in [0.5, 0.6) is 0 Å². The van der Waals surface area contributed by atoms with Gasteiger partial charge >= 0.3 is 0 Å². The van der Waals surface area contributed by atoms with Gasteiger partial charge < -0.3 is 0 Å². The van der Waals surface area contributed by atoms with Crippen LogP contribution >= 0.6 is 0 Å². The Balaban J connectivity index is 1.44. The van der Waals surface area contributed by atoms with Crippen molar-refractivity contribution in [1.82, 2.24) is 0 Å². The van der Waals surface area contributed by atoms with E-state index in [1.807, 2.05) is 0 Å². The molecule has 4 aromatic carbocycles. The SMILES string of the molecule is CCc1ccccc1-c1cccc2c1C=C([Si](CC)(CC)C1=Cc3c(cccc3-c3ccccc3CC)C1)C2. The van der Waals surface area contributed by atoms with Gasteiger partial charge in [0.2, 0.25) is 0 Å². The fraction of sp³-hybridized carbons (Fsp3) is 0.263. The largest absolute Gasteiger partial charge is 0.109 e. The normalized spacial score (nSPS) is 14.2. The smallest absolute Gasteiger partial charge is 0.0709 e. The molecule has 4 aromatic rings. The number of hydrogen-bond donors (Lipinski definition) is 0. The molecule has 0 bridgehead atoms. The molecule has 0 aliphatic heterocycles. The lowest BCUT2D eigenvalue weighted by molar-refractivity contribution is 1.14. The first-order valence-electron chi connectivity index (χ1n) is 15.0. The molecule has 0 amide bonds. The minimum atomic E-state index is -1.84. The summed E-state index contributed by atoms with van der Waals surface area (Å²) >= 11 is 0. The van der Waals surface area contributed by atoms with Crippen LogP contribution < -0.4 is 0 Å². The quantitative estimate of drug-likeness (QED) is 0.201. The molecule has 0 radical (unpaired) electrons. The summed E-state index contributed by atoms with van der Waals surface area (Å²) in [6.07, 6.45) is 9.62. The maximum Gasteiger partial charge on any atom is 0.109 e. The number of benzene rings is 4. The summed E-state index contributed by atoms with van der Waals surface area (Å²) in [4.78, 5) is 0. The van der Waals surface area contributed by atoms with Gasteiger partial charge in [-0.2, -0.15) is 0 Å². The van der Waals surface area contributed by atoms with Crippen molar-refractivity contribution in [2.24, 2.45) is 0 Å². The van der Waals surface area contributed by atoms with Gasteiger partial charge in [-0.3, -0.25) is 0 Å². The van der Waals surface area contributed by atoms with Crippen LogP contribution in [0.25, 0.3) is 34.4 Å². The van der Waals surface area contributed by atoms with E-state index in [2.05, 4.69) is 125 Å². The molecule has 0 saturated carbocycles. The van der Waals surface area contributed by atoms with Crippen LogP contribution in [0.4, 0.5) is 0 Å². The van der Waals surface area contributed by atoms with Crippen LogP contribution in [-0.4, -0.2) is 8.07 Å². The van der Waals surface area contributed by atoms with Crippen molar-refractivity contribution in [3.05, 3.63) is 129 Å². The zero-order chi connectivity index (χ0) is 27.0. The van der Waals surface area contributed by atoms with Gasteiger partial charge in [-0.25, -0.2) is 0 Å². The van der Waals surface area contributed by atoms with Crippen molar-refractivity contribution >= 4 is 20.2 Å². The van der Waals surface area contributed by atoms with Gasteiger partial charge in [0.1, 0.15) is 8.07 Å². The number of hydrogen-bond acceptors (Lipinski definition) is 0. The zero-order valence-electron chi connectivity index (χ0n) is 24.0. The molecule has 0 fully saturated rings. The summed E-state index contributed by atoms with van der Waals surface area (Å²) in [6, 6.07) is 34.5. The number of allylic oxidation sites excluding steroid dienone is 2. The highest BCUT2D eigenvalue weighted by Crippen LogP contribution is 2.47. The van der Waals surface area contributed by atoms with E-state index in [1.54, 1.807) is 10.4 Å². The zero-order valence-corrected chi connectivity index (χ0v) is 25.0. The summed E-state index contributed by atoms with van der Waals surface area (Å²) in [6.45, 7) is 9.47. The van der Waals surface area contributed by atoms with Crippen molar-refractivity contribution in [3.63, 3.8) is 0 Å². The highest BCUT2D eigenvalue weighted by atomic mass is 28.3. The third kappa shape index (κ3) is 4.28. The van der Waals surface area contributed by atoms with E-state index < -0.39 is 8.07 Å². The summed E-state index contributed by atoms with van der Waals surface area (Å²) in [7, 11) is -1.84. The molecule has 0 N–H and O–H groups in total. The highest BCUT2D eigenvalue weighted by Gasteiger charge is 2.41. The van der Waals surface area contributed by atoms with Gasteiger partial charge in [-0.05, 0) is 81.3 Å². The molecule has 1 heteroatoms. The first-order valence-corrected chi connectivity index (χ1v) is 17.4. The topological polar surface area (TPSA) is 0 Å². The Kier molecular flexibility index (Phi) is 7.04. The Morgan fingerprint density at radius 2 is 0.897 bits per heavy atom. The molecule has 0 saturated heterocycles. The molecule has 0 nitrogen and oxygen atoms in total. The average molecular weight is 525 g/mol. The van der Waals surface area contributed by atoms with Crippen molar-refractivity contribution < 1.29 is 0 Å². The van der Waals surface area contributed by atoms with Crippen LogP contribution in [0.15, 0.2) is 95.3 Å². The van der Waals surface area contributed by atoms with E-state index in [-0.39, 0.29) is 0 Å². The monoisotopic (exact) mass is 524 g/mol. The molecule has 0 spiro atoms. The van der Waals surface area contributed by atoms with Crippen molar-refractivity contribution in [2.75, 3.05) is 0 Å². The standard InChI is InChI=1S/C38H40Si/c1-5-27-15-9-11-19-33(27)35-21-13-17-29-23-31(25-37(29)35)39(7-3,8-4)32-24-30-18-14-22-36(38(30)26-32)34-20-12-10-16-28(34)6-2/h9-22,25-26H,5-8,23-24H2,1-4H3. The number of aryl methyl sites for hydroxylation is 2. The first-order chi connectivity index (χ1) is 19.1. The molecule has 2 aliphatic rings. The Morgan fingerprint density at radius 1 is 0.487 bits per heavy atom. The van der Waals surface area contributed by atoms with Crippen LogP contribution in [0.1, 0.15) is 61.1 Å². The molecule has 6 rings (SSSR count). The molecule has 39 heavy (non-hydrogen) atoms. The van der Waals surface area contributed by atoms with E-state index >= 15 is 0 Å². The highest BCUT2D eigenvalue weighted by molar-refractivity contribution is 6.94. The minimum absolute atomic E-state index is 1.06. The van der Waals surface area contributed by atoms with Crippen molar-refractivity contribution in [2.45, 2.75) is 65.5 Å². The van der Waals surface area contributed by atoms with Gasteiger partial charge in [0, 0.05) is 0 Å². The lowest BCUT2D eigenvalue weighted by atomic mass is 9.93. The minimum Gasteiger partial charge on any atom is -0.0709 e. The molecule has 0 aromatic heterocycles. The average Bonchev–Trinajstić information content (AvgIpc) is 3.63. The molecular formula is C38H40Si. The number of fused-ring (bicyclic) bond motifs is 2. The van der Waals surface area contributed by atoms with Gasteiger partial charge in [-0.1, -0.05) is 147 Å². The summed E-state index contributed by atoms with van der Waals surface area (Å²) < 4.78 is 0. The molecule has 2 aliphatic carbocycles. The van der Waals surface area contributed by atoms with Crippen LogP contribution in [0, 0.1) is 0 Å². The van der Waals surface area contributed by atoms with Gasteiger partial charge in [0.05, 0.1) is 0 Å². The lowest BCUT2D eigenvalue weighted by Gasteiger charge is -2.33. The van der Waals surface area contributed by atoms with Crippen LogP contribution in [0.3, 0.4) is 0 Å². The van der Waals surface area contributed by atoms with E-state index in [1.165, 1.54) is 67.7 Å². The molecule has 0 unspecified atom stereocenters. The van der Waals surface area contributed by atoms with Gasteiger partial charge in [0.15, 0.2) is 0 Å². The second-order valence-corrected chi connectivity index (χ2v) is 16.1. The van der Waals surface area contributed by atoms with Gasteiger partial charge in [0.25, 0.3) is 0 Å². The Morgan fingerprint density at radius 3 is 1.31 bits per heavy atom. The van der Waals surface area contributed by atoms with Gasteiger partial charge in [-0.15, -0.1) is 0 Å². The summed E-state index contributed by atoms with van der Waals surface area (Å²) in [5, 5.41) is 3.47. The van der Waals surface area contributed by atoms with Crippen molar-refractivity contribution in [3.8, 4) is 22.3 Å². The summed E-state index contributed by atoms with van der Waals surface area (Å²) in [5.41, 5.74) is 14.5. The van der Waals surface area contributed by atoms with Crippen molar-refractivity contribution in [1.29, 1.82) is 0 Å². The number of rotatable bonds is 8. The fourth-order valence-corrected chi connectivity index (χ4v) is 12.0. The third-order valence-corrected chi connectivity index (χ3v) is 15.1. The van der Waals surface area contributed by atoms with E-state index in [0.717, 1.165) is 25.7 Å². The molecule has 0 atom stereocenters. The Labute approximate surface area is 236 Å². The van der Waals surface area contributed by atoms with Crippen LogP contribution in [-0.2, 0) is 25.7 Å². The maximum absolute atomic E-state index is 2.63. The van der Waals surface area contributed by atoms with Crippen LogP contribution in [0.2, 0.25) is 12.1 Å². The Bertz CT molecular complexity index is 1480. The second-order valence-electron chi connectivity index (χ2n) is 11.3. The Hall–Kier alpha value is -3.42. The lowest BCUT2D eigenvalue weighted by Crippen LogP contribution is -2.39. The van der Waals surface area contributed by atoms with E-state index in [0.29, 0.717) is 0 Å². The summed E-state index contributed by atoms with van der Waals surface area (Å²) in [5.74, 6) is 0. The molecule has 196 valence electrons.